The molecule has 4 heteroatoms. The molecule has 0 aliphatic rings. The van der Waals surface area contributed by atoms with Crippen molar-refractivity contribution in [1.29, 1.82) is 5.26 Å². The molecule has 0 spiro atoms. The first kappa shape index (κ1) is 7.83. The fraction of sp³-hybridized carbons (Fsp3) is 0. The number of hydrogen-bond acceptors (Lipinski definition) is 2. The van der Waals surface area contributed by atoms with Crippen LogP contribution in [0.1, 0.15) is 5.56 Å². The van der Waals surface area contributed by atoms with Crippen LogP contribution in [0.15, 0.2) is 12.1 Å². The van der Waals surface area contributed by atoms with Crippen molar-refractivity contribution >= 4 is 11.6 Å². The van der Waals surface area contributed by atoms with Crippen LogP contribution in [0, 0.1) is 17.1 Å². The summed E-state index contributed by atoms with van der Waals surface area (Å²) >= 11 is 5.34. The van der Waals surface area contributed by atoms with E-state index < -0.39 is 5.82 Å². The molecule has 0 fully saturated rings. The summed E-state index contributed by atoms with van der Waals surface area (Å²) in [5.41, 5.74) is -0.216. The van der Waals surface area contributed by atoms with Gasteiger partial charge in [0, 0.05) is 6.07 Å². The molecule has 0 heterocycles. The Labute approximate surface area is 67.5 Å². The van der Waals surface area contributed by atoms with Crippen LogP contribution in [0.3, 0.4) is 0 Å². The van der Waals surface area contributed by atoms with E-state index in [1.54, 1.807) is 6.07 Å². The van der Waals surface area contributed by atoms with Crippen molar-refractivity contribution in [3.63, 3.8) is 0 Å². The Bertz CT molecular complexity index is 332. The second-order valence-electron chi connectivity index (χ2n) is 1.90. The van der Waals surface area contributed by atoms with Gasteiger partial charge in [-0.25, -0.2) is 4.39 Å². The molecule has 0 radical (unpaired) electrons. The van der Waals surface area contributed by atoms with Gasteiger partial charge >= 0.3 is 0 Å². The molecule has 0 unspecified atom stereocenters. The summed E-state index contributed by atoms with van der Waals surface area (Å²) in [6.07, 6.45) is 0. The number of aromatic hydroxyl groups is 1. The van der Waals surface area contributed by atoms with E-state index in [1.165, 1.54) is 0 Å². The van der Waals surface area contributed by atoms with Crippen molar-refractivity contribution < 1.29 is 9.50 Å². The molecule has 0 saturated heterocycles. The summed E-state index contributed by atoms with van der Waals surface area (Å²) in [4.78, 5) is 0. The lowest BCUT2D eigenvalue weighted by molar-refractivity contribution is 0.473. The highest BCUT2D eigenvalue weighted by Gasteiger charge is 2.05. The normalized spacial score (nSPS) is 9.18. The second-order valence-corrected chi connectivity index (χ2v) is 2.30. The Morgan fingerprint density at radius 3 is 2.73 bits per heavy atom. The van der Waals surface area contributed by atoms with Gasteiger partial charge in [-0.3, -0.25) is 0 Å². The maximum atomic E-state index is 12.6. The van der Waals surface area contributed by atoms with E-state index in [4.69, 9.17) is 22.0 Å². The van der Waals surface area contributed by atoms with E-state index in [2.05, 4.69) is 0 Å². The van der Waals surface area contributed by atoms with Crippen LogP contribution < -0.4 is 0 Å². The molecule has 0 saturated carbocycles. The van der Waals surface area contributed by atoms with Gasteiger partial charge < -0.3 is 5.11 Å². The average molecular weight is 172 g/mol. The van der Waals surface area contributed by atoms with Crippen LogP contribution in [0.4, 0.5) is 4.39 Å². The van der Waals surface area contributed by atoms with Crippen molar-refractivity contribution in [3.05, 3.63) is 28.5 Å². The summed E-state index contributed by atoms with van der Waals surface area (Å²) in [7, 11) is 0. The molecular weight excluding hydrogens is 169 g/mol. The highest BCUT2D eigenvalue weighted by molar-refractivity contribution is 6.32. The molecule has 1 rings (SSSR count). The van der Waals surface area contributed by atoms with Crippen LogP contribution in [0.25, 0.3) is 0 Å². The van der Waals surface area contributed by atoms with Gasteiger partial charge in [-0.05, 0) is 6.07 Å². The van der Waals surface area contributed by atoms with Gasteiger partial charge in [0.1, 0.15) is 17.6 Å². The zero-order valence-electron chi connectivity index (χ0n) is 5.31. The maximum Gasteiger partial charge on any atom is 0.142 e. The molecule has 0 bridgehead atoms. The maximum absolute atomic E-state index is 12.6. The Kier molecular flexibility index (Phi) is 1.97. The third-order valence-corrected chi connectivity index (χ3v) is 1.46. The molecule has 1 aromatic carbocycles. The van der Waals surface area contributed by atoms with Crippen molar-refractivity contribution in [3.8, 4) is 11.8 Å². The van der Waals surface area contributed by atoms with Gasteiger partial charge in [0.15, 0.2) is 0 Å². The Balaban J connectivity index is 3.35. The topological polar surface area (TPSA) is 44.0 Å². The minimum atomic E-state index is -0.727. The highest BCUT2D eigenvalue weighted by Crippen LogP contribution is 2.25. The monoisotopic (exact) mass is 171 g/mol. The first-order valence-corrected chi connectivity index (χ1v) is 3.11. The molecule has 2 nitrogen and oxygen atoms in total. The minimum absolute atomic E-state index is 0.0958. The number of phenolic OH excluding ortho intramolecular Hbond substituents is 1. The summed E-state index contributed by atoms with van der Waals surface area (Å²) in [6.45, 7) is 0. The lowest BCUT2D eigenvalue weighted by atomic mass is 10.2. The number of nitrogens with zero attached hydrogens (tertiary/aromatic N) is 1. The van der Waals surface area contributed by atoms with E-state index in [1.807, 2.05) is 0 Å². The summed E-state index contributed by atoms with van der Waals surface area (Å²) < 4.78 is 12.6. The molecule has 0 aliphatic carbocycles. The van der Waals surface area contributed by atoms with Crippen LogP contribution in [0.5, 0.6) is 5.75 Å². The number of phenols is 1. The molecule has 56 valence electrons. The number of hydrogen-bond donors (Lipinski definition) is 1. The summed E-state index contributed by atoms with van der Waals surface area (Å²) in [6, 6.07) is 3.45. The average Bonchev–Trinajstić information content (AvgIpc) is 1.97. The molecule has 1 N–H and O–H groups in total. The first-order chi connectivity index (χ1) is 5.15. The lowest BCUT2D eigenvalue weighted by Gasteiger charge is -1.96. The van der Waals surface area contributed by atoms with Crippen LogP contribution in [-0.4, -0.2) is 5.11 Å². The standard InChI is InChI=1S/C7H3ClFNO/c8-5-2-6(9)4(3-10)1-7(5)11/h1-2,11H. The molecule has 11 heavy (non-hydrogen) atoms. The van der Waals surface area contributed by atoms with Crippen molar-refractivity contribution in [2.24, 2.45) is 0 Å². The van der Waals surface area contributed by atoms with E-state index >= 15 is 0 Å². The first-order valence-electron chi connectivity index (χ1n) is 2.73. The molecular formula is C7H3ClFNO. The Morgan fingerprint density at radius 2 is 2.18 bits per heavy atom. The van der Waals surface area contributed by atoms with Gasteiger partial charge in [0.05, 0.1) is 10.6 Å². The second kappa shape index (κ2) is 2.77. The van der Waals surface area contributed by atoms with Gasteiger partial charge in [-0.1, -0.05) is 11.6 Å². The molecule has 1 aromatic rings. The zero-order valence-corrected chi connectivity index (χ0v) is 6.06. The number of rotatable bonds is 0. The van der Waals surface area contributed by atoms with E-state index in [0.717, 1.165) is 12.1 Å². The predicted molar refractivity (Wildman–Crippen MR) is 37.8 cm³/mol. The van der Waals surface area contributed by atoms with Gasteiger partial charge in [0.25, 0.3) is 0 Å². The number of halogens is 2. The summed E-state index contributed by atoms with van der Waals surface area (Å²) in [5.74, 6) is -1.01. The highest BCUT2D eigenvalue weighted by atomic mass is 35.5. The number of nitriles is 1. The molecule has 0 amide bonds. The number of benzene rings is 1. The molecule has 0 aromatic heterocycles. The van der Waals surface area contributed by atoms with Crippen molar-refractivity contribution in [2.75, 3.05) is 0 Å². The Morgan fingerprint density at radius 1 is 1.55 bits per heavy atom. The quantitative estimate of drug-likeness (QED) is 0.649. The third kappa shape index (κ3) is 1.41. The van der Waals surface area contributed by atoms with Crippen molar-refractivity contribution in [2.45, 2.75) is 0 Å². The minimum Gasteiger partial charge on any atom is -0.506 e. The zero-order chi connectivity index (χ0) is 8.43. The largest absolute Gasteiger partial charge is 0.506 e. The van der Waals surface area contributed by atoms with Gasteiger partial charge in [-0.15, -0.1) is 0 Å². The smallest absolute Gasteiger partial charge is 0.142 e. The fourth-order valence-corrected chi connectivity index (χ4v) is 0.774. The van der Waals surface area contributed by atoms with E-state index in [9.17, 15) is 4.39 Å². The van der Waals surface area contributed by atoms with Crippen LogP contribution in [0.2, 0.25) is 5.02 Å². The molecule has 0 atom stereocenters. The van der Waals surface area contributed by atoms with E-state index in [0.29, 0.717) is 0 Å². The van der Waals surface area contributed by atoms with Gasteiger partial charge in [-0.2, -0.15) is 5.26 Å². The SMILES string of the molecule is N#Cc1cc(O)c(Cl)cc1F. The fourth-order valence-electron chi connectivity index (χ4n) is 0.623. The van der Waals surface area contributed by atoms with Crippen LogP contribution in [-0.2, 0) is 0 Å². The van der Waals surface area contributed by atoms with Gasteiger partial charge in [0.2, 0.25) is 0 Å². The Hall–Kier alpha value is -1.27. The molecule has 0 aliphatic heterocycles. The third-order valence-electron chi connectivity index (χ3n) is 1.16. The predicted octanol–water partition coefficient (Wildman–Crippen LogP) is 2.06. The lowest BCUT2D eigenvalue weighted by Crippen LogP contribution is -1.82. The van der Waals surface area contributed by atoms with Crippen LogP contribution >= 0.6 is 11.6 Å². The van der Waals surface area contributed by atoms with E-state index in [-0.39, 0.29) is 16.3 Å². The van der Waals surface area contributed by atoms with Crippen molar-refractivity contribution in [1.82, 2.24) is 0 Å². The summed E-state index contributed by atoms with van der Waals surface area (Å²) in [5, 5.41) is 17.1.